The average molecular weight is 403 g/mol. The number of carboxylic acid groups (broad SMARTS) is 1. The second-order valence-electron chi connectivity index (χ2n) is 5.25. The standard InChI is InChI=1S/C17H13N3O5S2/c21-15(19-11-5-2-1-3-6-11)14-12(16(22)23)7-4-8-13(14)27(24,25)20-17-18-9-10-26-17/h1-10H,(H,18,20)(H,19,21)(H,22,23). The summed E-state index contributed by atoms with van der Waals surface area (Å²) >= 11 is 1.05. The Kier molecular flexibility index (Phi) is 5.19. The Morgan fingerprint density at radius 1 is 1.04 bits per heavy atom. The van der Waals surface area contributed by atoms with Gasteiger partial charge in [-0.3, -0.25) is 9.52 Å². The van der Waals surface area contributed by atoms with E-state index in [9.17, 15) is 23.1 Å². The number of thiazole rings is 1. The average Bonchev–Trinajstić information content (AvgIpc) is 3.14. The van der Waals surface area contributed by atoms with Gasteiger partial charge in [-0.05, 0) is 24.3 Å². The number of nitrogens with one attached hydrogen (secondary N) is 2. The van der Waals surface area contributed by atoms with Crippen LogP contribution in [0.4, 0.5) is 10.8 Å². The molecule has 1 aromatic heterocycles. The van der Waals surface area contributed by atoms with E-state index in [0.29, 0.717) is 5.69 Å². The third kappa shape index (κ3) is 4.13. The molecule has 0 fully saturated rings. The fourth-order valence-corrected chi connectivity index (χ4v) is 4.34. The molecule has 0 bridgehead atoms. The smallest absolute Gasteiger partial charge is 0.336 e. The summed E-state index contributed by atoms with van der Waals surface area (Å²) in [7, 11) is -4.23. The Labute approximate surface area is 158 Å². The van der Waals surface area contributed by atoms with Crippen LogP contribution in [0.5, 0.6) is 0 Å². The summed E-state index contributed by atoms with van der Waals surface area (Å²) in [5, 5.41) is 13.6. The van der Waals surface area contributed by atoms with Gasteiger partial charge in [-0.1, -0.05) is 24.3 Å². The molecule has 0 aliphatic heterocycles. The first-order valence-corrected chi connectivity index (χ1v) is 9.90. The third-order valence-electron chi connectivity index (χ3n) is 3.46. The van der Waals surface area contributed by atoms with Gasteiger partial charge < -0.3 is 10.4 Å². The Hall–Kier alpha value is -3.24. The molecule has 1 heterocycles. The van der Waals surface area contributed by atoms with Crippen LogP contribution in [0.25, 0.3) is 0 Å². The van der Waals surface area contributed by atoms with Crippen LogP contribution < -0.4 is 10.0 Å². The van der Waals surface area contributed by atoms with Gasteiger partial charge in [-0.2, -0.15) is 0 Å². The van der Waals surface area contributed by atoms with Gasteiger partial charge >= 0.3 is 5.97 Å². The first kappa shape index (κ1) is 18.5. The highest BCUT2D eigenvalue weighted by Crippen LogP contribution is 2.25. The topological polar surface area (TPSA) is 125 Å². The van der Waals surface area contributed by atoms with E-state index in [1.54, 1.807) is 35.7 Å². The van der Waals surface area contributed by atoms with Crippen LogP contribution in [0.2, 0.25) is 0 Å². The number of sulfonamides is 1. The molecule has 0 aliphatic rings. The second-order valence-corrected chi connectivity index (χ2v) is 7.79. The van der Waals surface area contributed by atoms with Gasteiger partial charge in [0.05, 0.1) is 11.1 Å². The quantitative estimate of drug-likeness (QED) is 0.581. The number of carbonyl (C=O) groups is 2. The number of aromatic carboxylic acids is 1. The second kappa shape index (κ2) is 7.56. The highest BCUT2D eigenvalue weighted by Gasteiger charge is 2.28. The third-order valence-corrected chi connectivity index (χ3v) is 5.66. The van der Waals surface area contributed by atoms with E-state index in [1.807, 2.05) is 0 Å². The minimum Gasteiger partial charge on any atom is -0.478 e. The molecule has 0 unspecified atom stereocenters. The van der Waals surface area contributed by atoms with E-state index in [1.165, 1.54) is 24.4 Å². The lowest BCUT2D eigenvalue weighted by atomic mass is 10.1. The van der Waals surface area contributed by atoms with Crippen LogP contribution >= 0.6 is 11.3 Å². The van der Waals surface area contributed by atoms with Crippen molar-refractivity contribution in [2.45, 2.75) is 4.90 Å². The zero-order chi connectivity index (χ0) is 19.4. The zero-order valence-electron chi connectivity index (χ0n) is 13.6. The molecule has 8 nitrogen and oxygen atoms in total. The van der Waals surface area contributed by atoms with Crippen LogP contribution in [0, 0.1) is 0 Å². The molecule has 1 amide bonds. The van der Waals surface area contributed by atoms with Crippen LogP contribution in [0.3, 0.4) is 0 Å². The van der Waals surface area contributed by atoms with E-state index in [2.05, 4.69) is 15.0 Å². The minimum absolute atomic E-state index is 0.102. The number of para-hydroxylation sites is 1. The maximum absolute atomic E-state index is 12.7. The van der Waals surface area contributed by atoms with Crippen molar-refractivity contribution in [2.75, 3.05) is 10.0 Å². The largest absolute Gasteiger partial charge is 0.478 e. The van der Waals surface area contributed by atoms with E-state index < -0.39 is 37.9 Å². The van der Waals surface area contributed by atoms with Crippen molar-refractivity contribution in [3.8, 4) is 0 Å². The van der Waals surface area contributed by atoms with Crippen LogP contribution in [-0.2, 0) is 10.0 Å². The summed E-state index contributed by atoms with van der Waals surface area (Å²) in [6, 6.07) is 11.9. The first-order valence-electron chi connectivity index (χ1n) is 7.53. The van der Waals surface area contributed by atoms with Crippen LogP contribution in [-0.4, -0.2) is 30.4 Å². The van der Waals surface area contributed by atoms with Crippen molar-refractivity contribution in [3.05, 3.63) is 71.2 Å². The number of aromatic nitrogens is 1. The molecule has 138 valence electrons. The molecular weight excluding hydrogens is 390 g/mol. The van der Waals surface area contributed by atoms with Crippen molar-refractivity contribution in [3.63, 3.8) is 0 Å². The van der Waals surface area contributed by atoms with Gasteiger partial charge in [-0.25, -0.2) is 18.2 Å². The van der Waals surface area contributed by atoms with Gasteiger partial charge in [0, 0.05) is 17.3 Å². The fourth-order valence-electron chi connectivity index (χ4n) is 2.33. The molecule has 0 aliphatic carbocycles. The fraction of sp³-hybridized carbons (Fsp3) is 0. The number of anilines is 2. The normalized spacial score (nSPS) is 11.0. The summed E-state index contributed by atoms with van der Waals surface area (Å²) in [5.41, 5.74) is -0.484. The van der Waals surface area contributed by atoms with Crippen molar-refractivity contribution in [1.29, 1.82) is 0 Å². The van der Waals surface area contributed by atoms with Crippen molar-refractivity contribution in [2.24, 2.45) is 0 Å². The van der Waals surface area contributed by atoms with E-state index in [-0.39, 0.29) is 5.13 Å². The lowest BCUT2D eigenvalue weighted by Crippen LogP contribution is -2.23. The van der Waals surface area contributed by atoms with Crippen molar-refractivity contribution >= 4 is 44.1 Å². The lowest BCUT2D eigenvalue weighted by Gasteiger charge is -2.13. The molecular formula is C17H13N3O5S2. The van der Waals surface area contributed by atoms with Gasteiger partial charge in [0.1, 0.15) is 4.90 Å². The molecule has 0 saturated heterocycles. The summed E-state index contributed by atoms with van der Waals surface area (Å²) < 4.78 is 27.7. The highest BCUT2D eigenvalue weighted by atomic mass is 32.2. The molecule has 0 spiro atoms. The van der Waals surface area contributed by atoms with Crippen LogP contribution in [0.15, 0.2) is 65.0 Å². The monoisotopic (exact) mass is 403 g/mol. The van der Waals surface area contributed by atoms with Crippen molar-refractivity contribution < 1.29 is 23.1 Å². The number of benzene rings is 2. The lowest BCUT2D eigenvalue weighted by molar-refractivity contribution is 0.0692. The molecule has 3 aromatic rings. The van der Waals surface area contributed by atoms with Gasteiger partial charge in [-0.15, -0.1) is 11.3 Å². The summed E-state index contributed by atoms with van der Waals surface area (Å²) in [4.78, 5) is 27.7. The number of amides is 1. The summed E-state index contributed by atoms with van der Waals surface area (Å²) in [6.45, 7) is 0. The highest BCUT2D eigenvalue weighted by molar-refractivity contribution is 7.93. The molecule has 0 atom stereocenters. The van der Waals surface area contributed by atoms with Crippen molar-refractivity contribution in [1.82, 2.24) is 4.98 Å². The number of carboxylic acids is 1. The molecule has 27 heavy (non-hydrogen) atoms. The maximum Gasteiger partial charge on any atom is 0.336 e. The Bertz CT molecular complexity index is 1080. The molecule has 3 rings (SSSR count). The zero-order valence-corrected chi connectivity index (χ0v) is 15.3. The SMILES string of the molecule is O=C(O)c1cccc(S(=O)(=O)Nc2nccs2)c1C(=O)Nc1ccccc1. The maximum atomic E-state index is 12.7. The van der Waals surface area contributed by atoms with Gasteiger partial charge in [0.25, 0.3) is 15.9 Å². The molecule has 2 aromatic carbocycles. The summed E-state index contributed by atoms with van der Waals surface area (Å²) in [6.07, 6.45) is 1.42. The molecule has 3 N–H and O–H groups in total. The Morgan fingerprint density at radius 3 is 2.41 bits per heavy atom. The molecule has 0 saturated carbocycles. The number of hydrogen-bond donors (Lipinski definition) is 3. The van der Waals surface area contributed by atoms with Gasteiger partial charge in [0.15, 0.2) is 5.13 Å². The number of carbonyl (C=O) groups excluding carboxylic acids is 1. The predicted molar refractivity (Wildman–Crippen MR) is 101 cm³/mol. The predicted octanol–water partition coefficient (Wildman–Crippen LogP) is 2.89. The van der Waals surface area contributed by atoms with Crippen LogP contribution in [0.1, 0.15) is 20.7 Å². The summed E-state index contributed by atoms with van der Waals surface area (Å²) in [5.74, 6) is -2.27. The number of hydrogen-bond acceptors (Lipinski definition) is 6. The Balaban J connectivity index is 2.08. The van der Waals surface area contributed by atoms with E-state index >= 15 is 0 Å². The molecule has 0 radical (unpaired) electrons. The number of rotatable bonds is 6. The van der Waals surface area contributed by atoms with E-state index in [4.69, 9.17) is 0 Å². The Morgan fingerprint density at radius 2 is 1.78 bits per heavy atom. The first-order chi connectivity index (χ1) is 12.9. The number of nitrogens with zero attached hydrogens (tertiary/aromatic N) is 1. The van der Waals surface area contributed by atoms with E-state index in [0.717, 1.165) is 11.3 Å². The molecule has 10 heteroatoms. The van der Waals surface area contributed by atoms with Gasteiger partial charge in [0.2, 0.25) is 0 Å². The minimum atomic E-state index is -4.23.